The monoisotopic (exact) mass is 170 g/mol. The minimum Gasteiger partial charge on any atom is -0.282 e. The summed E-state index contributed by atoms with van der Waals surface area (Å²) in [5, 5.41) is 1.34. The Morgan fingerprint density at radius 2 is 2.55 bits per heavy atom. The highest BCUT2D eigenvalue weighted by Crippen LogP contribution is 2.23. The highest BCUT2D eigenvalue weighted by atomic mass is 32.2. The first-order valence-corrected chi connectivity index (χ1v) is 5.22. The van der Waals surface area contributed by atoms with Crippen molar-refractivity contribution >= 4 is 16.8 Å². The molecule has 0 N–H and O–H groups in total. The molecule has 1 radical (unpaired) electrons. The standard InChI is InChI=1S/C9H16NS/c1-3-4-8(2)7-9-10-5-6-11-9/h6,8H,3-5,7H2,1-2H3. The summed E-state index contributed by atoms with van der Waals surface area (Å²) in [5.41, 5.74) is 0. The number of hydrogen-bond donors (Lipinski definition) is 0. The molecule has 1 heterocycles. The third kappa shape index (κ3) is 3.28. The lowest BCUT2D eigenvalue weighted by atomic mass is 10.0. The fourth-order valence-corrected chi connectivity index (χ4v) is 2.19. The molecule has 1 aliphatic heterocycles. The Labute approximate surface area is 73.7 Å². The molecule has 0 aromatic heterocycles. The minimum absolute atomic E-state index is 0.817. The van der Waals surface area contributed by atoms with E-state index in [9.17, 15) is 0 Å². The number of aliphatic imine (C=N–C) groups is 1. The van der Waals surface area contributed by atoms with Gasteiger partial charge in [0.2, 0.25) is 0 Å². The van der Waals surface area contributed by atoms with E-state index < -0.39 is 0 Å². The smallest absolute Gasteiger partial charge is 0.0682 e. The second-order valence-electron chi connectivity index (χ2n) is 3.12. The summed E-state index contributed by atoms with van der Waals surface area (Å²) in [5.74, 6) is 2.99. The fraction of sp³-hybridized carbons (Fsp3) is 0.778. The van der Waals surface area contributed by atoms with Gasteiger partial charge in [-0.3, -0.25) is 4.99 Å². The Bertz CT molecular complexity index is 142. The lowest BCUT2D eigenvalue weighted by Crippen LogP contribution is -1.99. The molecule has 63 valence electrons. The summed E-state index contributed by atoms with van der Waals surface area (Å²) in [7, 11) is 0. The van der Waals surface area contributed by atoms with Crippen molar-refractivity contribution < 1.29 is 0 Å². The van der Waals surface area contributed by atoms with Gasteiger partial charge in [-0.1, -0.05) is 26.7 Å². The normalized spacial score (nSPS) is 20.0. The van der Waals surface area contributed by atoms with E-state index in [4.69, 9.17) is 0 Å². The molecule has 0 saturated heterocycles. The van der Waals surface area contributed by atoms with Gasteiger partial charge in [-0.25, -0.2) is 0 Å². The van der Waals surface area contributed by atoms with Crippen molar-refractivity contribution in [2.45, 2.75) is 33.1 Å². The van der Waals surface area contributed by atoms with Crippen LogP contribution in [0.5, 0.6) is 0 Å². The summed E-state index contributed by atoms with van der Waals surface area (Å²) in [6.07, 6.45) is 3.82. The third-order valence-corrected chi connectivity index (χ3v) is 2.75. The molecule has 1 unspecified atom stereocenters. The number of rotatable bonds is 4. The molecule has 0 aliphatic carbocycles. The van der Waals surface area contributed by atoms with Gasteiger partial charge in [0.05, 0.1) is 11.6 Å². The Kier molecular flexibility index (Phi) is 3.98. The maximum atomic E-state index is 4.38. The molecule has 0 spiro atoms. The second kappa shape index (κ2) is 4.81. The van der Waals surface area contributed by atoms with Gasteiger partial charge in [0.15, 0.2) is 0 Å². The molecule has 1 nitrogen and oxygen atoms in total. The van der Waals surface area contributed by atoms with Crippen LogP contribution in [-0.4, -0.2) is 11.6 Å². The van der Waals surface area contributed by atoms with Crippen molar-refractivity contribution in [3.63, 3.8) is 0 Å². The molecule has 0 aromatic carbocycles. The minimum atomic E-state index is 0.817. The SMILES string of the molecule is CCCC(C)CC1=NC[CH]S1. The van der Waals surface area contributed by atoms with E-state index in [1.54, 1.807) is 0 Å². The van der Waals surface area contributed by atoms with Gasteiger partial charge in [-0.15, -0.1) is 11.8 Å². The van der Waals surface area contributed by atoms with E-state index in [1.165, 1.54) is 24.3 Å². The maximum Gasteiger partial charge on any atom is 0.0682 e. The van der Waals surface area contributed by atoms with Crippen LogP contribution in [0, 0.1) is 11.7 Å². The van der Waals surface area contributed by atoms with Crippen LogP contribution >= 0.6 is 11.8 Å². The Morgan fingerprint density at radius 3 is 3.09 bits per heavy atom. The molecular formula is C9H16NS. The molecule has 0 bridgehead atoms. The number of nitrogens with zero attached hydrogens (tertiary/aromatic N) is 1. The lowest BCUT2D eigenvalue weighted by molar-refractivity contribution is 0.547. The first kappa shape index (κ1) is 9.11. The van der Waals surface area contributed by atoms with Gasteiger partial charge in [0, 0.05) is 5.75 Å². The average molecular weight is 170 g/mol. The third-order valence-electron chi connectivity index (χ3n) is 1.87. The van der Waals surface area contributed by atoms with Crippen LogP contribution in [0.15, 0.2) is 4.99 Å². The molecular weight excluding hydrogens is 154 g/mol. The molecule has 0 saturated carbocycles. The van der Waals surface area contributed by atoms with Crippen LogP contribution in [0.3, 0.4) is 0 Å². The highest BCUT2D eigenvalue weighted by Gasteiger charge is 2.10. The molecule has 1 aliphatic rings. The molecule has 0 amide bonds. The van der Waals surface area contributed by atoms with Crippen LogP contribution in [-0.2, 0) is 0 Å². The topological polar surface area (TPSA) is 12.4 Å². The van der Waals surface area contributed by atoms with Gasteiger partial charge in [-0.2, -0.15) is 0 Å². The second-order valence-corrected chi connectivity index (χ2v) is 4.16. The van der Waals surface area contributed by atoms with Crippen molar-refractivity contribution in [2.24, 2.45) is 10.9 Å². The van der Waals surface area contributed by atoms with E-state index in [0.29, 0.717) is 0 Å². The van der Waals surface area contributed by atoms with Gasteiger partial charge in [-0.05, 0) is 12.3 Å². The summed E-state index contributed by atoms with van der Waals surface area (Å²) in [6, 6.07) is 0. The summed E-state index contributed by atoms with van der Waals surface area (Å²) < 4.78 is 0. The summed E-state index contributed by atoms with van der Waals surface area (Å²) in [6.45, 7) is 5.48. The van der Waals surface area contributed by atoms with Crippen molar-refractivity contribution in [1.82, 2.24) is 0 Å². The van der Waals surface area contributed by atoms with Crippen LogP contribution in [0.2, 0.25) is 0 Å². The van der Waals surface area contributed by atoms with Crippen molar-refractivity contribution in [1.29, 1.82) is 0 Å². The van der Waals surface area contributed by atoms with Crippen LogP contribution in [0.1, 0.15) is 33.1 Å². The number of thioether (sulfide) groups is 1. The van der Waals surface area contributed by atoms with Crippen LogP contribution < -0.4 is 0 Å². The maximum absolute atomic E-state index is 4.38. The quantitative estimate of drug-likeness (QED) is 0.631. The largest absolute Gasteiger partial charge is 0.282 e. The molecule has 1 rings (SSSR count). The zero-order chi connectivity index (χ0) is 8.10. The summed E-state index contributed by atoms with van der Waals surface area (Å²) >= 11 is 1.82. The Balaban J connectivity index is 2.18. The predicted molar refractivity (Wildman–Crippen MR) is 52.9 cm³/mol. The fourth-order valence-electron chi connectivity index (χ4n) is 1.32. The Hall–Kier alpha value is 0.0200. The van der Waals surface area contributed by atoms with Crippen molar-refractivity contribution in [3.8, 4) is 0 Å². The van der Waals surface area contributed by atoms with Gasteiger partial charge < -0.3 is 0 Å². The van der Waals surface area contributed by atoms with E-state index in [1.807, 2.05) is 11.8 Å². The highest BCUT2D eigenvalue weighted by molar-refractivity contribution is 8.15. The molecule has 1 atom stereocenters. The molecule has 11 heavy (non-hydrogen) atoms. The first-order chi connectivity index (χ1) is 5.33. The summed E-state index contributed by atoms with van der Waals surface area (Å²) in [4.78, 5) is 4.38. The van der Waals surface area contributed by atoms with Gasteiger partial charge >= 0.3 is 0 Å². The van der Waals surface area contributed by atoms with Crippen molar-refractivity contribution in [3.05, 3.63) is 5.75 Å². The van der Waals surface area contributed by atoms with Gasteiger partial charge in [0.25, 0.3) is 0 Å². The van der Waals surface area contributed by atoms with Crippen LogP contribution in [0.25, 0.3) is 0 Å². The van der Waals surface area contributed by atoms with E-state index >= 15 is 0 Å². The van der Waals surface area contributed by atoms with Crippen molar-refractivity contribution in [2.75, 3.05) is 6.54 Å². The lowest BCUT2D eigenvalue weighted by Gasteiger charge is -2.07. The predicted octanol–water partition coefficient (Wildman–Crippen LogP) is 3.12. The molecule has 0 fully saturated rings. The number of hydrogen-bond acceptors (Lipinski definition) is 2. The van der Waals surface area contributed by atoms with E-state index in [0.717, 1.165) is 12.5 Å². The van der Waals surface area contributed by atoms with Crippen LogP contribution in [0.4, 0.5) is 0 Å². The van der Waals surface area contributed by atoms with E-state index in [2.05, 4.69) is 24.6 Å². The molecule has 2 heteroatoms. The zero-order valence-corrected chi connectivity index (χ0v) is 8.16. The molecule has 0 aromatic rings. The van der Waals surface area contributed by atoms with Gasteiger partial charge in [0.1, 0.15) is 0 Å². The van der Waals surface area contributed by atoms with E-state index in [-0.39, 0.29) is 0 Å². The zero-order valence-electron chi connectivity index (χ0n) is 7.34. The average Bonchev–Trinajstić information content (AvgIpc) is 2.40. The Morgan fingerprint density at radius 1 is 1.73 bits per heavy atom. The first-order valence-electron chi connectivity index (χ1n) is 4.34.